The summed E-state index contributed by atoms with van der Waals surface area (Å²) in [6.45, 7) is 0. The van der Waals surface area contributed by atoms with E-state index in [1.54, 1.807) is 0 Å². The SMILES string of the molecule is Sc1ccccc1.[Pb]. The predicted octanol–water partition coefficient (Wildman–Crippen LogP) is 1.59. The van der Waals surface area contributed by atoms with Crippen LogP contribution in [0.25, 0.3) is 0 Å². The van der Waals surface area contributed by atoms with Gasteiger partial charge in [-0.05, 0) is 12.1 Å². The van der Waals surface area contributed by atoms with E-state index in [-0.39, 0.29) is 27.3 Å². The third-order valence-corrected chi connectivity index (χ3v) is 1.05. The molecule has 0 nitrogen and oxygen atoms in total. The van der Waals surface area contributed by atoms with Gasteiger partial charge in [-0.2, -0.15) is 0 Å². The van der Waals surface area contributed by atoms with Gasteiger partial charge in [0.15, 0.2) is 0 Å². The zero-order chi connectivity index (χ0) is 5.11. The number of rotatable bonds is 0. The third kappa shape index (κ3) is 2.72. The largest absolute Gasteiger partial charge is 0.143 e. The molecule has 0 aliphatic carbocycles. The van der Waals surface area contributed by atoms with Crippen molar-refractivity contribution in [1.82, 2.24) is 0 Å². The van der Waals surface area contributed by atoms with E-state index < -0.39 is 0 Å². The normalized spacial score (nSPS) is 7.62. The van der Waals surface area contributed by atoms with Crippen LogP contribution in [-0.2, 0) is 0 Å². The minimum atomic E-state index is 0. The maximum Gasteiger partial charge on any atom is 0.00399 e. The van der Waals surface area contributed by atoms with Gasteiger partial charge in [0.25, 0.3) is 0 Å². The summed E-state index contributed by atoms with van der Waals surface area (Å²) in [7, 11) is 0. The van der Waals surface area contributed by atoms with Crippen LogP contribution in [0.15, 0.2) is 35.2 Å². The zero-order valence-electron chi connectivity index (χ0n) is 4.33. The van der Waals surface area contributed by atoms with Crippen LogP contribution in [0.3, 0.4) is 0 Å². The maximum atomic E-state index is 4.08. The summed E-state index contributed by atoms with van der Waals surface area (Å²) in [4.78, 5) is 1.02. The molecule has 0 aliphatic heterocycles. The molecule has 8 heavy (non-hydrogen) atoms. The third-order valence-electron chi connectivity index (χ3n) is 0.756. The van der Waals surface area contributed by atoms with Crippen molar-refractivity contribution in [3.8, 4) is 0 Å². The molecule has 0 N–H and O–H groups in total. The Labute approximate surface area is 74.9 Å². The van der Waals surface area contributed by atoms with Gasteiger partial charge in [0.05, 0.1) is 0 Å². The first-order valence-corrected chi connectivity index (χ1v) is 2.58. The Hall–Kier alpha value is 0.492. The molecule has 0 spiro atoms. The molecule has 0 aliphatic rings. The topological polar surface area (TPSA) is 0 Å². The van der Waals surface area contributed by atoms with Crippen molar-refractivity contribution in [2.75, 3.05) is 0 Å². The molecule has 0 amide bonds. The maximum absolute atomic E-state index is 4.08. The quantitative estimate of drug-likeness (QED) is 0.545. The van der Waals surface area contributed by atoms with Crippen molar-refractivity contribution >= 4 is 39.9 Å². The first-order chi connectivity index (χ1) is 3.39. The summed E-state index contributed by atoms with van der Waals surface area (Å²) in [6, 6.07) is 9.79. The molecule has 1 aromatic rings. The van der Waals surface area contributed by atoms with E-state index in [2.05, 4.69) is 12.6 Å². The molecule has 0 unspecified atom stereocenters. The number of hydrogen-bond acceptors (Lipinski definition) is 1. The van der Waals surface area contributed by atoms with Gasteiger partial charge in [0.1, 0.15) is 0 Å². The van der Waals surface area contributed by atoms with Gasteiger partial charge in [0, 0.05) is 32.2 Å². The molecular formula is C6H6PbS. The molecule has 0 atom stereocenters. The molecule has 1 aromatic carbocycles. The second kappa shape index (κ2) is 4.38. The summed E-state index contributed by atoms with van der Waals surface area (Å²) in [6.07, 6.45) is 0. The van der Waals surface area contributed by atoms with E-state index in [9.17, 15) is 0 Å². The van der Waals surface area contributed by atoms with Crippen molar-refractivity contribution in [2.24, 2.45) is 0 Å². The Morgan fingerprint density at radius 3 is 1.75 bits per heavy atom. The molecule has 4 radical (unpaired) electrons. The standard InChI is InChI=1S/C6H6S.Pb/c7-6-4-2-1-3-5-6;/h1-5,7H;. The summed E-state index contributed by atoms with van der Waals surface area (Å²) in [5.74, 6) is 0. The fourth-order valence-electron chi connectivity index (χ4n) is 0.428. The van der Waals surface area contributed by atoms with Crippen molar-refractivity contribution in [2.45, 2.75) is 4.90 Å². The molecular weight excluding hydrogens is 311 g/mol. The number of hydrogen-bond donors (Lipinski definition) is 1. The van der Waals surface area contributed by atoms with Gasteiger partial charge in [-0.1, -0.05) is 18.2 Å². The van der Waals surface area contributed by atoms with Gasteiger partial charge >= 0.3 is 0 Å². The molecule has 1 rings (SSSR count). The number of thiol groups is 1. The van der Waals surface area contributed by atoms with Gasteiger partial charge in [0.2, 0.25) is 0 Å². The molecule has 0 heterocycles. The van der Waals surface area contributed by atoms with Crippen molar-refractivity contribution in [3.05, 3.63) is 30.3 Å². The molecule has 0 saturated carbocycles. The van der Waals surface area contributed by atoms with Gasteiger partial charge in [-0.25, -0.2) is 0 Å². The second-order valence-corrected chi connectivity index (χ2v) is 1.85. The zero-order valence-corrected chi connectivity index (χ0v) is 9.12. The van der Waals surface area contributed by atoms with Crippen LogP contribution in [0, 0.1) is 0 Å². The van der Waals surface area contributed by atoms with Crippen molar-refractivity contribution in [1.29, 1.82) is 0 Å². The van der Waals surface area contributed by atoms with Crippen LogP contribution in [0.4, 0.5) is 0 Å². The van der Waals surface area contributed by atoms with Gasteiger partial charge in [-0.3, -0.25) is 0 Å². The van der Waals surface area contributed by atoms with Crippen LogP contribution in [0.2, 0.25) is 0 Å². The second-order valence-electron chi connectivity index (χ2n) is 1.34. The van der Waals surface area contributed by atoms with Gasteiger partial charge < -0.3 is 0 Å². The van der Waals surface area contributed by atoms with Crippen LogP contribution in [-0.4, -0.2) is 27.3 Å². The molecule has 0 aromatic heterocycles. The summed E-state index contributed by atoms with van der Waals surface area (Å²) in [5.41, 5.74) is 0. The molecule has 0 fully saturated rings. The van der Waals surface area contributed by atoms with E-state index >= 15 is 0 Å². The van der Waals surface area contributed by atoms with Crippen LogP contribution < -0.4 is 0 Å². The first-order valence-electron chi connectivity index (χ1n) is 2.13. The van der Waals surface area contributed by atoms with Crippen molar-refractivity contribution < 1.29 is 0 Å². The average molecular weight is 317 g/mol. The van der Waals surface area contributed by atoms with Crippen LogP contribution >= 0.6 is 12.6 Å². The summed E-state index contributed by atoms with van der Waals surface area (Å²) < 4.78 is 0. The molecule has 2 heteroatoms. The van der Waals surface area contributed by atoms with E-state index in [4.69, 9.17) is 0 Å². The monoisotopic (exact) mass is 318 g/mol. The summed E-state index contributed by atoms with van der Waals surface area (Å²) in [5, 5.41) is 0. The van der Waals surface area contributed by atoms with Gasteiger partial charge in [-0.15, -0.1) is 12.6 Å². The predicted molar refractivity (Wildman–Crippen MR) is 39.4 cm³/mol. The minimum Gasteiger partial charge on any atom is -0.143 e. The van der Waals surface area contributed by atoms with Crippen molar-refractivity contribution in [3.63, 3.8) is 0 Å². The average Bonchev–Trinajstić information content (AvgIpc) is 1.69. The Morgan fingerprint density at radius 2 is 1.50 bits per heavy atom. The van der Waals surface area contributed by atoms with Crippen LogP contribution in [0.1, 0.15) is 0 Å². The van der Waals surface area contributed by atoms with E-state index in [0.717, 1.165) is 4.90 Å². The Bertz CT molecular complexity index is 138. The Kier molecular flexibility index (Phi) is 4.65. The Balaban J connectivity index is 0.000000490. The first kappa shape index (κ1) is 8.49. The number of benzene rings is 1. The Morgan fingerprint density at radius 1 is 1.00 bits per heavy atom. The fraction of sp³-hybridized carbons (Fsp3) is 0. The van der Waals surface area contributed by atoms with E-state index in [1.807, 2.05) is 30.3 Å². The molecule has 0 saturated heterocycles. The minimum absolute atomic E-state index is 0. The smallest absolute Gasteiger partial charge is 0.00399 e. The summed E-state index contributed by atoms with van der Waals surface area (Å²) >= 11 is 4.08. The van der Waals surface area contributed by atoms with E-state index in [0.29, 0.717) is 0 Å². The van der Waals surface area contributed by atoms with E-state index in [1.165, 1.54) is 0 Å². The molecule has 0 bridgehead atoms. The molecule has 40 valence electrons. The van der Waals surface area contributed by atoms with Crippen LogP contribution in [0.5, 0.6) is 0 Å². The fourth-order valence-corrected chi connectivity index (χ4v) is 0.600.